The topological polar surface area (TPSA) is 46.3 Å². The van der Waals surface area contributed by atoms with Gasteiger partial charge in [-0.3, -0.25) is 4.79 Å². The summed E-state index contributed by atoms with van der Waals surface area (Å²) in [5, 5.41) is 0.852. The second-order valence-corrected chi connectivity index (χ2v) is 8.14. The van der Waals surface area contributed by atoms with Gasteiger partial charge in [0.25, 0.3) is 0 Å². The SMILES string of the molecule is NC1CCN(C(=O)C(Sc2cc(Cl)ccc2Cl)c2ccccc2)CC1. The summed E-state index contributed by atoms with van der Waals surface area (Å²) in [4.78, 5) is 15.9. The lowest BCUT2D eigenvalue weighted by Crippen LogP contribution is -2.44. The van der Waals surface area contributed by atoms with Crippen LogP contribution in [0.5, 0.6) is 0 Å². The first-order valence-corrected chi connectivity index (χ1v) is 9.89. The third-order valence-electron chi connectivity index (χ3n) is 4.32. The number of hydrogen-bond donors (Lipinski definition) is 1. The van der Waals surface area contributed by atoms with E-state index in [1.165, 1.54) is 11.8 Å². The number of nitrogens with two attached hydrogens (primary N) is 1. The molecule has 2 N–H and O–H groups in total. The largest absolute Gasteiger partial charge is 0.341 e. The highest BCUT2D eigenvalue weighted by molar-refractivity contribution is 8.00. The number of halogens is 2. The van der Waals surface area contributed by atoms with Gasteiger partial charge in [-0.15, -0.1) is 11.8 Å². The predicted octanol–water partition coefficient (Wildman–Crippen LogP) is 4.78. The van der Waals surface area contributed by atoms with Gasteiger partial charge < -0.3 is 10.6 Å². The van der Waals surface area contributed by atoms with Gasteiger partial charge in [-0.2, -0.15) is 0 Å². The molecule has 3 nitrogen and oxygen atoms in total. The van der Waals surface area contributed by atoms with Crippen molar-refractivity contribution in [2.45, 2.75) is 29.0 Å². The molecule has 1 saturated heterocycles. The molecule has 132 valence electrons. The molecule has 0 radical (unpaired) electrons. The Balaban J connectivity index is 1.87. The molecule has 1 aliphatic heterocycles. The van der Waals surface area contributed by atoms with E-state index >= 15 is 0 Å². The lowest BCUT2D eigenvalue weighted by molar-refractivity contribution is -0.131. The number of hydrogen-bond acceptors (Lipinski definition) is 3. The molecule has 25 heavy (non-hydrogen) atoms. The van der Waals surface area contributed by atoms with Crippen LogP contribution in [0.2, 0.25) is 10.0 Å². The molecular weight excluding hydrogens is 375 g/mol. The van der Waals surface area contributed by atoms with Gasteiger partial charge in [-0.1, -0.05) is 53.5 Å². The molecule has 1 amide bonds. The number of carbonyl (C=O) groups excluding carboxylic acids is 1. The smallest absolute Gasteiger partial charge is 0.240 e. The fourth-order valence-corrected chi connectivity index (χ4v) is 4.53. The predicted molar refractivity (Wildman–Crippen MR) is 105 cm³/mol. The summed E-state index contributed by atoms with van der Waals surface area (Å²) < 4.78 is 0. The van der Waals surface area contributed by atoms with Crippen LogP contribution in [-0.2, 0) is 4.79 Å². The molecule has 0 aromatic heterocycles. The fourth-order valence-electron chi connectivity index (χ4n) is 2.87. The Hall–Kier alpha value is -1.20. The van der Waals surface area contributed by atoms with Gasteiger partial charge >= 0.3 is 0 Å². The van der Waals surface area contributed by atoms with Crippen LogP contribution in [0.15, 0.2) is 53.4 Å². The molecule has 1 fully saturated rings. The molecule has 0 spiro atoms. The zero-order valence-corrected chi connectivity index (χ0v) is 16.0. The first kappa shape index (κ1) is 18.6. The van der Waals surface area contributed by atoms with E-state index in [-0.39, 0.29) is 17.2 Å². The number of likely N-dealkylation sites (tertiary alicyclic amines) is 1. The zero-order chi connectivity index (χ0) is 17.8. The van der Waals surface area contributed by atoms with Crippen molar-refractivity contribution in [1.82, 2.24) is 4.90 Å². The van der Waals surface area contributed by atoms with Crippen LogP contribution in [0.4, 0.5) is 0 Å². The molecule has 1 aliphatic rings. The van der Waals surface area contributed by atoms with E-state index in [9.17, 15) is 4.79 Å². The summed E-state index contributed by atoms with van der Waals surface area (Å²) in [7, 11) is 0. The van der Waals surface area contributed by atoms with E-state index in [0.29, 0.717) is 23.1 Å². The average molecular weight is 395 g/mol. The van der Waals surface area contributed by atoms with Gasteiger partial charge in [0.1, 0.15) is 5.25 Å². The molecule has 0 aliphatic carbocycles. The average Bonchev–Trinajstić information content (AvgIpc) is 2.63. The fraction of sp³-hybridized carbons (Fsp3) is 0.316. The Morgan fingerprint density at radius 2 is 1.80 bits per heavy atom. The first-order chi connectivity index (χ1) is 12.0. The standard InChI is InChI=1S/C19H20Cl2N2OS/c20-14-6-7-16(21)17(12-14)25-18(13-4-2-1-3-5-13)19(24)23-10-8-15(22)9-11-23/h1-7,12,15,18H,8-11,22H2. The van der Waals surface area contributed by atoms with Crippen molar-refractivity contribution in [3.8, 4) is 0 Å². The number of piperidine rings is 1. The Labute approximate surface area is 162 Å². The summed E-state index contributed by atoms with van der Waals surface area (Å²) in [5.74, 6) is 0.0964. The van der Waals surface area contributed by atoms with E-state index < -0.39 is 0 Å². The monoisotopic (exact) mass is 394 g/mol. The minimum absolute atomic E-state index is 0.0964. The first-order valence-electron chi connectivity index (χ1n) is 8.25. The van der Waals surface area contributed by atoms with Crippen molar-refractivity contribution in [1.29, 1.82) is 0 Å². The number of benzene rings is 2. The number of amides is 1. The van der Waals surface area contributed by atoms with Gasteiger partial charge in [0, 0.05) is 29.0 Å². The molecule has 2 aromatic rings. The Bertz CT molecular complexity index is 733. The second kappa shape index (κ2) is 8.45. The van der Waals surface area contributed by atoms with Gasteiger partial charge in [-0.05, 0) is 36.6 Å². The van der Waals surface area contributed by atoms with Crippen molar-refractivity contribution < 1.29 is 4.79 Å². The van der Waals surface area contributed by atoms with E-state index in [4.69, 9.17) is 28.9 Å². The molecule has 1 unspecified atom stereocenters. The number of thioether (sulfide) groups is 1. The van der Waals surface area contributed by atoms with E-state index in [1.54, 1.807) is 12.1 Å². The minimum Gasteiger partial charge on any atom is -0.341 e. The molecule has 1 heterocycles. The summed E-state index contributed by atoms with van der Waals surface area (Å²) in [6.45, 7) is 1.40. The van der Waals surface area contributed by atoms with E-state index in [1.807, 2.05) is 41.3 Å². The molecular formula is C19H20Cl2N2OS. The molecule has 1 atom stereocenters. The minimum atomic E-state index is -0.355. The van der Waals surface area contributed by atoms with E-state index in [0.717, 1.165) is 23.3 Å². The lowest BCUT2D eigenvalue weighted by Gasteiger charge is -2.33. The Morgan fingerprint density at radius 1 is 1.12 bits per heavy atom. The maximum absolute atomic E-state index is 13.2. The molecule has 6 heteroatoms. The second-order valence-electron chi connectivity index (χ2n) is 6.15. The maximum Gasteiger partial charge on any atom is 0.240 e. The van der Waals surface area contributed by atoms with Crippen molar-refractivity contribution in [3.05, 3.63) is 64.1 Å². The third kappa shape index (κ3) is 4.70. The van der Waals surface area contributed by atoms with Crippen LogP contribution in [0.3, 0.4) is 0 Å². The molecule has 0 bridgehead atoms. The van der Waals surface area contributed by atoms with Gasteiger partial charge in [0.2, 0.25) is 5.91 Å². The summed E-state index contributed by atoms with van der Waals surface area (Å²) in [6.07, 6.45) is 1.69. The summed E-state index contributed by atoms with van der Waals surface area (Å²) in [5.41, 5.74) is 6.93. The van der Waals surface area contributed by atoms with Crippen LogP contribution in [0.1, 0.15) is 23.7 Å². The molecule has 2 aromatic carbocycles. The Morgan fingerprint density at radius 3 is 2.48 bits per heavy atom. The van der Waals surface area contributed by atoms with Gasteiger partial charge in [0.15, 0.2) is 0 Å². The third-order valence-corrected chi connectivity index (χ3v) is 6.29. The highest BCUT2D eigenvalue weighted by Gasteiger charge is 2.29. The van der Waals surface area contributed by atoms with Crippen molar-refractivity contribution in [2.24, 2.45) is 5.73 Å². The van der Waals surface area contributed by atoms with Crippen molar-refractivity contribution in [3.63, 3.8) is 0 Å². The highest BCUT2D eigenvalue weighted by Crippen LogP contribution is 2.41. The summed E-state index contributed by atoms with van der Waals surface area (Å²) in [6, 6.07) is 15.3. The van der Waals surface area contributed by atoms with Crippen LogP contribution in [0.25, 0.3) is 0 Å². The van der Waals surface area contributed by atoms with Crippen LogP contribution >= 0.6 is 35.0 Å². The van der Waals surface area contributed by atoms with E-state index in [2.05, 4.69) is 0 Å². The highest BCUT2D eigenvalue weighted by atomic mass is 35.5. The molecule has 3 rings (SSSR count). The maximum atomic E-state index is 13.2. The van der Waals surface area contributed by atoms with Gasteiger partial charge in [-0.25, -0.2) is 0 Å². The number of carbonyl (C=O) groups is 1. The normalized spacial score (nSPS) is 16.7. The zero-order valence-electron chi connectivity index (χ0n) is 13.7. The Kier molecular flexibility index (Phi) is 6.29. The summed E-state index contributed by atoms with van der Waals surface area (Å²) >= 11 is 13.9. The van der Waals surface area contributed by atoms with Crippen LogP contribution in [-0.4, -0.2) is 29.9 Å². The molecule has 0 saturated carbocycles. The quantitative estimate of drug-likeness (QED) is 0.759. The van der Waals surface area contributed by atoms with Crippen molar-refractivity contribution >= 4 is 40.9 Å². The number of rotatable bonds is 4. The van der Waals surface area contributed by atoms with Crippen LogP contribution < -0.4 is 5.73 Å². The van der Waals surface area contributed by atoms with Crippen LogP contribution in [0, 0.1) is 0 Å². The number of nitrogens with zero attached hydrogens (tertiary/aromatic N) is 1. The van der Waals surface area contributed by atoms with Gasteiger partial charge in [0.05, 0.1) is 5.02 Å². The lowest BCUT2D eigenvalue weighted by atomic mass is 10.0. The van der Waals surface area contributed by atoms with Crippen molar-refractivity contribution in [2.75, 3.05) is 13.1 Å².